The molecule has 4 nitrogen and oxygen atoms in total. The van der Waals surface area contributed by atoms with E-state index < -0.39 is 5.97 Å². The van der Waals surface area contributed by atoms with Crippen LogP contribution >= 0.6 is 0 Å². The summed E-state index contributed by atoms with van der Waals surface area (Å²) in [5, 5.41) is 10.6. The molecule has 0 radical (unpaired) electrons. The Labute approximate surface area is 103 Å². The van der Waals surface area contributed by atoms with Gasteiger partial charge in [0.15, 0.2) is 5.82 Å². The Balaban J connectivity index is 0.000000980. The number of rotatable bonds is 1. The maximum absolute atomic E-state index is 10.6. The molecule has 1 heterocycles. The SMILES string of the molecule is Cn1c(C(=O)[O-])nc2ccccc21.[Na+]. The minimum atomic E-state index is -1.25. The molecule has 2 rings (SSSR count). The van der Waals surface area contributed by atoms with Crippen molar-refractivity contribution in [2.75, 3.05) is 0 Å². The van der Waals surface area contributed by atoms with Gasteiger partial charge in [0.1, 0.15) is 5.97 Å². The quantitative estimate of drug-likeness (QED) is 0.457. The van der Waals surface area contributed by atoms with Gasteiger partial charge in [-0.3, -0.25) is 0 Å². The number of aryl methyl sites for hydroxylation is 1. The Kier molecular flexibility index (Phi) is 3.31. The normalized spacial score (nSPS) is 9.79. The predicted octanol–water partition coefficient (Wildman–Crippen LogP) is -3.06. The minimum Gasteiger partial charge on any atom is -0.542 e. The zero-order valence-corrected chi connectivity index (χ0v) is 10.0. The van der Waals surface area contributed by atoms with Crippen molar-refractivity contribution in [2.45, 2.75) is 0 Å². The van der Waals surface area contributed by atoms with Crippen molar-refractivity contribution < 1.29 is 39.5 Å². The van der Waals surface area contributed by atoms with E-state index in [9.17, 15) is 9.90 Å². The van der Waals surface area contributed by atoms with E-state index in [1.54, 1.807) is 13.1 Å². The van der Waals surface area contributed by atoms with E-state index in [-0.39, 0.29) is 35.4 Å². The first kappa shape index (κ1) is 11.2. The molecule has 0 saturated carbocycles. The molecule has 0 atom stereocenters. The molecule has 0 aliphatic heterocycles. The summed E-state index contributed by atoms with van der Waals surface area (Å²) in [6.45, 7) is 0. The smallest absolute Gasteiger partial charge is 0.542 e. The third kappa shape index (κ3) is 1.68. The molecule has 0 aliphatic carbocycles. The topological polar surface area (TPSA) is 58.0 Å². The van der Waals surface area contributed by atoms with Crippen LogP contribution in [0, 0.1) is 0 Å². The number of carboxylic acid groups (broad SMARTS) is 1. The molecule has 66 valence electrons. The molecule has 1 aromatic heterocycles. The molecular weight excluding hydrogens is 191 g/mol. The Morgan fingerprint density at radius 3 is 2.64 bits per heavy atom. The predicted molar refractivity (Wildman–Crippen MR) is 45.0 cm³/mol. The van der Waals surface area contributed by atoms with Gasteiger partial charge in [-0.2, -0.15) is 0 Å². The zero-order chi connectivity index (χ0) is 9.42. The van der Waals surface area contributed by atoms with E-state index in [1.165, 1.54) is 4.57 Å². The molecule has 0 aliphatic rings. The van der Waals surface area contributed by atoms with Crippen molar-refractivity contribution in [1.29, 1.82) is 0 Å². The molecular formula is C9H7N2NaO2. The van der Waals surface area contributed by atoms with Crippen molar-refractivity contribution in [1.82, 2.24) is 9.55 Å². The van der Waals surface area contributed by atoms with Gasteiger partial charge in [-0.1, -0.05) is 12.1 Å². The Hall–Kier alpha value is -0.840. The molecule has 5 heteroatoms. The standard InChI is InChI=1S/C9H8N2O2.Na/c1-11-7-5-3-2-4-6(7)10-8(11)9(12)13;/h2-5H,1H3,(H,12,13);/q;+1/p-1. The van der Waals surface area contributed by atoms with Gasteiger partial charge in [0, 0.05) is 7.05 Å². The van der Waals surface area contributed by atoms with E-state index in [4.69, 9.17) is 0 Å². The Morgan fingerprint density at radius 1 is 1.43 bits per heavy atom. The fourth-order valence-corrected chi connectivity index (χ4v) is 1.33. The van der Waals surface area contributed by atoms with Crippen LogP contribution < -0.4 is 34.7 Å². The number of carbonyl (C=O) groups is 1. The molecule has 0 N–H and O–H groups in total. The number of hydrogen-bond acceptors (Lipinski definition) is 3. The molecule has 0 spiro atoms. The Bertz CT molecular complexity index is 479. The number of para-hydroxylation sites is 2. The van der Waals surface area contributed by atoms with Crippen LogP contribution in [-0.4, -0.2) is 15.5 Å². The van der Waals surface area contributed by atoms with Crippen LogP contribution in [0.25, 0.3) is 11.0 Å². The summed E-state index contributed by atoms with van der Waals surface area (Å²) in [6, 6.07) is 7.23. The van der Waals surface area contributed by atoms with E-state index >= 15 is 0 Å². The summed E-state index contributed by atoms with van der Waals surface area (Å²) in [7, 11) is 1.65. The molecule has 0 unspecified atom stereocenters. The van der Waals surface area contributed by atoms with Crippen molar-refractivity contribution in [2.24, 2.45) is 7.05 Å². The van der Waals surface area contributed by atoms with Crippen LogP contribution in [0.5, 0.6) is 0 Å². The third-order valence-corrected chi connectivity index (χ3v) is 1.97. The maximum atomic E-state index is 10.6. The fraction of sp³-hybridized carbons (Fsp3) is 0.111. The number of carboxylic acids is 1. The van der Waals surface area contributed by atoms with Gasteiger partial charge >= 0.3 is 29.6 Å². The van der Waals surface area contributed by atoms with Crippen molar-refractivity contribution in [3.8, 4) is 0 Å². The number of imidazole rings is 1. The summed E-state index contributed by atoms with van der Waals surface area (Å²) in [5.74, 6) is -1.29. The van der Waals surface area contributed by atoms with Gasteiger partial charge in [-0.25, -0.2) is 4.98 Å². The molecule has 2 aromatic rings. The molecule has 0 bridgehead atoms. The molecule has 1 aromatic carbocycles. The van der Waals surface area contributed by atoms with Gasteiger partial charge in [-0.15, -0.1) is 0 Å². The van der Waals surface area contributed by atoms with Crippen molar-refractivity contribution in [3.05, 3.63) is 30.1 Å². The zero-order valence-electron chi connectivity index (χ0n) is 8.02. The van der Waals surface area contributed by atoms with Gasteiger partial charge in [0.05, 0.1) is 11.0 Å². The summed E-state index contributed by atoms with van der Waals surface area (Å²) in [6.07, 6.45) is 0. The van der Waals surface area contributed by atoms with E-state index in [0.717, 1.165) is 5.52 Å². The number of carbonyl (C=O) groups excluding carboxylic acids is 1. The minimum absolute atomic E-state index is 0. The van der Waals surface area contributed by atoms with Gasteiger partial charge in [-0.05, 0) is 12.1 Å². The summed E-state index contributed by atoms with van der Waals surface area (Å²) >= 11 is 0. The van der Waals surface area contributed by atoms with Crippen LogP contribution in [-0.2, 0) is 7.05 Å². The summed E-state index contributed by atoms with van der Waals surface area (Å²) in [4.78, 5) is 14.5. The molecule has 0 amide bonds. The first-order chi connectivity index (χ1) is 6.20. The second-order valence-corrected chi connectivity index (χ2v) is 2.77. The average Bonchev–Trinajstić information content (AvgIpc) is 2.45. The third-order valence-electron chi connectivity index (χ3n) is 1.97. The van der Waals surface area contributed by atoms with Crippen LogP contribution in [0.2, 0.25) is 0 Å². The molecule has 0 fully saturated rings. The van der Waals surface area contributed by atoms with Gasteiger partial charge in [0.2, 0.25) is 0 Å². The van der Waals surface area contributed by atoms with Crippen LogP contribution in [0.4, 0.5) is 0 Å². The molecule has 0 saturated heterocycles. The van der Waals surface area contributed by atoms with Crippen molar-refractivity contribution >= 4 is 17.0 Å². The average molecular weight is 198 g/mol. The number of hydrogen-bond donors (Lipinski definition) is 0. The summed E-state index contributed by atoms with van der Waals surface area (Å²) < 4.78 is 1.50. The van der Waals surface area contributed by atoms with E-state index in [0.29, 0.717) is 5.52 Å². The number of aromatic carboxylic acids is 1. The van der Waals surface area contributed by atoms with Gasteiger partial charge in [0.25, 0.3) is 0 Å². The van der Waals surface area contributed by atoms with Crippen LogP contribution in [0.15, 0.2) is 24.3 Å². The monoisotopic (exact) mass is 198 g/mol. The summed E-state index contributed by atoms with van der Waals surface area (Å²) in [5.41, 5.74) is 1.46. The Morgan fingerprint density at radius 2 is 2.07 bits per heavy atom. The number of aromatic nitrogens is 2. The first-order valence-electron chi connectivity index (χ1n) is 3.83. The first-order valence-corrected chi connectivity index (χ1v) is 3.83. The largest absolute Gasteiger partial charge is 1.00 e. The van der Waals surface area contributed by atoms with Crippen LogP contribution in [0.3, 0.4) is 0 Å². The van der Waals surface area contributed by atoms with Crippen molar-refractivity contribution in [3.63, 3.8) is 0 Å². The van der Waals surface area contributed by atoms with E-state index in [2.05, 4.69) is 4.98 Å². The molecule has 14 heavy (non-hydrogen) atoms. The maximum Gasteiger partial charge on any atom is 1.00 e. The fourth-order valence-electron chi connectivity index (χ4n) is 1.33. The van der Waals surface area contributed by atoms with Crippen LogP contribution in [0.1, 0.15) is 10.6 Å². The number of nitrogens with zero attached hydrogens (tertiary/aromatic N) is 2. The van der Waals surface area contributed by atoms with E-state index in [1.807, 2.05) is 18.2 Å². The van der Waals surface area contributed by atoms with Gasteiger partial charge < -0.3 is 14.5 Å². The number of benzene rings is 1. The second-order valence-electron chi connectivity index (χ2n) is 2.77. The second kappa shape index (κ2) is 4.13. The number of fused-ring (bicyclic) bond motifs is 1.